The van der Waals surface area contributed by atoms with Gasteiger partial charge in [-0.15, -0.1) is 0 Å². The maximum absolute atomic E-state index is 12.1. The monoisotopic (exact) mass is 421 g/mol. The molecule has 1 aliphatic rings. The zero-order chi connectivity index (χ0) is 21.6. The summed E-state index contributed by atoms with van der Waals surface area (Å²) < 4.78 is 7.30. The Morgan fingerprint density at radius 2 is 2.29 bits per heavy atom. The van der Waals surface area contributed by atoms with E-state index in [1.807, 2.05) is 30.5 Å². The Balaban J connectivity index is 1.60. The Morgan fingerprint density at radius 1 is 1.39 bits per heavy atom. The highest BCUT2D eigenvalue weighted by atomic mass is 16.5. The van der Waals surface area contributed by atoms with Crippen molar-refractivity contribution in [1.29, 1.82) is 5.26 Å². The molecule has 4 rings (SSSR count). The number of nitrogens with one attached hydrogen (secondary N) is 1. The Hall–Kier alpha value is -3.71. The van der Waals surface area contributed by atoms with Gasteiger partial charge in [0.1, 0.15) is 18.8 Å². The molecule has 1 atom stereocenters. The molecule has 0 aromatic carbocycles. The van der Waals surface area contributed by atoms with Gasteiger partial charge in [0, 0.05) is 31.4 Å². The number of aromatic nitrogens is 4. The highest BCUT2D eigenvalue weighted by molar-refractivity contribution is 5.78. The average Bonchev–Trinajstić information content (AvgIpc) is 3.22. The number of likely N-dealkylation sites (tertiary alicyclic amines) is 1. The molecular weight excluding hydrogens is 398 g/mol. The van der Waals surface area contributed by atoms with Crippen LogP contribution in [0.3, 0.4) is 0 Å². The van der Waals surface area contributed by atoms with Gasteiger partial charge in [0.2, 0.25) is 11.8 Å². The molecule has 160 valence electrons. The van der Waals surface area contributed by atoms with Gasteiger partial charge < -0.3 is 20.1 Å². The van der Waals surface area contributed by atoms with Crippen LogP contribution in [0, 0.1) is 11.3 Å². The van der Waals surface area contributed by atoms with Crippen molar-refractivity contribution >= 4 is 17.2 Å². The number of pyridine rings is 1. The summed E-state index contributed by atoms with van der Waals surface area (Å²) in [5.74, 6) is 1.20. The van der Waals surface area contributed by atoms with Crippen molar-refractivity contribution in [3.8, 4) is 23.3 Å². The molecule has 3 aromatic heterocycles. The predicted molar refractivity (Wildman–Crippen MR) is 112 cm³/mol. The number of fused-ring (bicyclic) bond motifs is 1. The van der Waals surface area contributed by atoms with Crippen molar-refractivity contribution in [1.82, 2.24) is 24.5 Å². The van der Waals surface area contributed by atoms with Gasteiger partial charge in [-0.25, -0.2) is 9.50 Å². The van der Waals surface area contributed by atoms with Crippen LogP contribution in [-0.4, -0.2) is 67.8 Å². The van der Waals surface area contributed by atoms with Crippen LogP contribution in [0.2, 0.25) is 0 Å². The Kier molecular flexibility index (Phi) is 6.24. The third kappa shape index (κ3) is 4.73. The fourth-order valence-electron chi connectivity index (χ4n) is 3.66. The van der Waals surface area contributed by atoms with Crippen LogP contribution in [0.4, 0.5) is 5.82 Å². The van der Waals surface area contributed by atoms with E-state index in [4.69, 9.17) is 15.1 Å². The second-order valence-corrected chi connectivity index (χ2v) is 7.23. The lowest BCUT2D eigenvalue weighted by atomic mass is 10.1. The zero-order valence-electron chi connectivity index (χ0n) is 16.9. The lowest BCUT2D eigenvalue weighted by Gasteiger charge is -2.33. The van der Waals surface area contributed by atoms with Gasteiger partial charge in [-0.05, 0) is 25.0 Å². The number of nitriles is 1. The minimum Gasteiger partial charge on any atom is -0.475 e. The van der Waals surface area contributed by atoms with Crippen molar-refractivity contribution in [3.63, 3.8) is 0 Å². The van der Waals surface area contributed by atoms with Crippen LogP contribution >= 0.6 is 0 Å². The Bertz CT molecular complexity index is 1110. The molecule has 10 nitrogen and oxygen atoms in total. The summed E-state index contributed by atoms with van der Waals surface area (Å²) in [6, 6.07) is 9.33. The first kappa shape index (κ1) is 20.6. The molecule has 0 aliphatic carbocycles. The summed E-state index contributed by atoms with van der Waals surface area (Å²) in [4.78, 5) is 23.0. The lowest BCUT2D eigenvalue weighted by molar-refractivity contribution is -0.131. The van der Waals surface area contributed by atoms with Crippen molar-refractivity contribution in [2.24, 2.45) is 0 Å². The van der Waals surface area contributed by atoms with E-state index in [2.05, 4.69) is 20.4 Å². The first-order valence-electron chi connectivity index (χ1n) is 10.1. The molecule has 2 N–H and O–H groups in total. The van der Waals surface area contributed by atoms with Crippen molar-refractivity contribution < 1.29 is 14.6 Å². The molecule has 31 heavy (non-hydrogen) atoms. The predicted octanol–water partition coefficient (Wildman–Crippen LogP) is 1.48. The molecule has 0 radical (unpaired) electrons. The first-order chi connectivity index (χ1) is 15.2. The zero-order valence-corrected chi connectivity index (χ0v) is 16.9. The standard InChI is InChI=1S/C21H23N7O3/c22-7-6-20(30)27-8-3-4-15(14-27)24-18-12-19(31-11-10-29)26-21(25-18)16-13-23-28-9-2-1-5-17(16)28/h1-2,5,9,12-13,15,29H,3-4,6,8,10-11,14H2,(H,24,25,26)/t15-/m1/s1. The number of carbonyl (C=O) groups is 1. The molecule has 0 bridgehead atoms. The number of piperidine rings is 1. The normalized spacial score (nSPS) is 16.1. The number of aliphatic hydroxyl groups excluding tert-OH is 1. The highest BCUT2D eigenvalue weighted by Crippen LogP contribution is 2.26. The molecule has 3 aromatic rings. The number of carbonyl (C=O) groups excluding carboxylic acids is 1. The van der Waals surface area contributed by atoms with Gasteiger partial charge >= 0.3 is 0 Å². The number of aliphatic hydroxyl groups is 1. The topological polar surface area (TPSA) is 129 Å². The second-order valence-electron chi connectivity index (χ2n) is 7.23. The average molecular weight is 421 g/mol. The molecule has 10 heteroatoms. The van der Waals surface area contributed by atoms with E-state index in [0.717, 1.165) is 23.9 Å². The Labute approximate surface area is 179 Å². The number of anilines is 1. The third-order valence-corrected chi connectivity index (χ3v) is 5.07. The number of amides is 1. The third-order valence-electron chi connectivity index (χ3n) is 5.07. The van der Waals surface area contributed by atoms with E-state index in [0.29, 0.717) is 30.6 Å². The molecule has 0 saturated carbocycles. The summed E-state index contributed by atoms with van der Waals surface area (Å²) in [6.45, 7) is 1.15. The number of rotatable bonds is 7. The number of hydrogen-bond acceptors (Lipinski definition) is 8. The summed E-state index contributed by atoms with van der Waals surface area (Å²) in [7, 11) is 0. The second kappa shape index (κ2) is 9.40. The molecule has 1 fully saturated rings. The Morgan fingerprint density at radius 3 is 3.13 bits per heavy atom. The van der Waals surface area contributed by atoms with E-state index < -0.39 is 0 Å². The summed E-state index contributed by atoms with van der Waals surface area (Å²) in [6.07, 6.45) is 5.15. The lowest BCUT2D eigenvalue weighted by Crippen LogP contribution is -2.45. The largest absolute Gasteiger partial charge is 0.475 e. The van der Waals surface area contributed by atoms with Crippen LogP contribution in [0.1, 0.15) is 19.3 Å². The smallest absolute Gasteiger partial charge is 0.236 e. The van der Waals surface area contributed by atoms with Crippen LogP contribution in [0.15, 0.2) is 36.7 Å². The number of nitrogens with zero attached hydrogens (tertiary/aromatic N) is 6. The van der Waals surface area contributed by atoms with Gasteiger partial charge in [-0.2, -0.15) is 15.3 Å². The van der Waals surface area contributed by atoms with Crippen LogP contribution in [-0.2, 0) is 4.79 Å². The van der Waals surface area contributed by atoms with Gasteiger partial charge in [0.25, 0.3) is 0 Å². The van der Waals surface area contributed by atoms with E-state index in [-0.39, 0.29) is 31.6 Å². The van der Waals surface area contributed by atoms with Gasteiger partial charge in [-0.1, -0.05) is 6.07 Å². The molecule has 4 heterocycles. The maximum Gasteiger partial charge on any atom is 0.236 e. The van der Waals surface area contributed by atoms with Gasteiger partial charge in [0.15, 0.2) is 5.82 Å². The van der Waals surface area contributed by atoms with Crippen LogP contribution < -0.4 is 10.1 Å². The van der Waals surface area contributed by atoms with E-state index in [1.165, 1.54) is 0 Å². The maximum atomic E-state index is 12.1. The quantitative estimate of drug-likeness (QED) is 0.587. The number of ether oxygens (including phenoxy) is 1. The molecular formula is C21H23N7O3. The molecule has 1 amide bonds. The fraction of sp³-hybridized carbons (Fsp3) is 0.381. The molecule has 1 aliphatic heterocycles. The fourth-order valence-corrected chi connectivity index (χ4v) is 3.66. The summed E-state index contributed by atoms with van der Waals surface area (Å²) in [5, 5.41) is 25.6. The minimum absolute atomic E-state index is 0.00580. The number of hydrogen-bond donors (Lipinski definition) is 2. The van der Waals surface area contributed by atoms with Crippen molar-refractivity contribution in [3.05, 3.63) is 36.7 Å². The molecule has 0 unspecified atom stereocenters. The van der Waals surface area contributed by atoms with Crippen LogP contribution in [0.25, 0.3) is 16.9 Å². The SMILES string of the molecule is N#CCC(=O)N1CCC[C@@H](Nc2cc(OCCO)nc(-c3cnn4ccccc34)n2)C1. The molecule has 0 spiro atoms. The summed E-state index contributed by atoms with van der Waals surface area (Å²) in [5.41, 5.74) is 1.62. The van der Waals surface area contributed by atoms with E-state index in [1.54, 1.807) is 21.7 Å². The minimum atomic E-state index is -0.157. The van der Waals surface area contributed by atoms with E-state index in [9.17, 15) is 4.79 Å². The van der Waals surface area contributed by atoms with Crippen molar-refractivity contribution in [2.75, 3.05) is 31.6 Å². The van der Waals surface area contributed by atoms with Crippen LogP contribution in [0.5, 0.6) is 5.88 Å². The van der Waals surface area contributed by atoms with Gasteiger partial charge in [0.05, 0.1) is 30.0 Å². The van der Waals surface area contributed by atoms with Crippen molar-refractivity contribution in [2.45, 2.75) is 25.3 Å². The molecule has 1 saturated heterocycles. The van der Waals surface area contributed by atoms with Gasteiger partial charge in [-0.3, -0.25) is 4.79 Å². The van der Waals surface area contributed by atoms with E-state index >= 15 is 0 Å². The summed E-state index contributed by atoms with van der Waals surface area (Å²) >= 11 is 0. The highest BCUT2D eigenvalue weighted by Gasteiger charge is 2.24. The first-order valence-corrected chi connectivity index (χ1v) is 10.1.